The average molecular weight is 279 g/mol. The predicted octanol–water partition coefficient (Wildman–Crippen LogP) is 2.69. The van der Waals surface area contributed by atoms with Crippen molar-refractivity contribution in [2.24, 2.45) is 0 Å². The molecule has 0 radical (unpaired) electrons. The van der Waals surface area contributed by atoms with Crippen LogP contribution in [-0.4, -0.2) is 30.0 Å². The number of imidazole rings is 1. The van der Waals surface area contributed by atoms with Crippen molar-refractivity contribution in [3.63, 3.8) is 0 Å². The van der Waals surface area contributed by atoms with E-state index >= 15 is 0 Å². The van der Waals surface area contributed by atoms with Gasteiger partial charge in [0.2, 0.25) is 0 Å². The molecule has 2 aromatic rings. The Balaban J connectivity index is 2.31. The molecule has 0 saturated carbocycles. The largest absolute Gasteiger partial charge is 0.376 e. The van der Waals surface area contributed by atoms with Gasteiger partial charge in [-0.15, -0.1) is 0 Å². The number of aryl methyl sites for hydroxylation is 1. The second kappa shape index (κ2) is 5.32. The molecule has 19 heavy (non-hydrogen) atoms. The highest BCUT2D eigenvalue weighted by Crippen LogP contribution is 2.28. The van der Waals surface area contributed by atoms with Crippen LogP contribution in [0.25, 0.3) is 0 Å². The molecule has 2 rings (SSSR count). The van der Waals surface area contributed by atoms with Crippen molar-refractivity contribution in [2.75, 3.05) is 24.3 Å². The summed E-state index contributed by atoms with van der Waals surface area (Å²) in [6, 6.07) is 5.36. The SMILES string of the molecule is Cc1[nH]cnc1C(=O)Nc1cc(Cl)ccc1N(C)C. The van der Waals surface area contributed by atoms with Gasteiger partial charge >= 0.3 is 0 Å². The minimum absolute atomic E-state index is 0.260. The number of carbonyl (C=O) groups is 1. The first-order valence-electron chi connectivity index (χ1n) is 5.77. The van der Waals surface area contributed by atoms with E-state index in [9.17, 15) is 4.79 Å². The van der Waals surface area contributed by atoms with E-state index in [1.165, 1.54) is 6.33 Å². The molecule has 0 spiro atoms. The maximum absolute atomic E-state index is 12.1. The maximum Gasteiger partial charge on any atom is 0.276 e. The van der Waals surface area contributed by atoms with Crippen LogP contribution in [0.15, 0.2) is 24.5 Å². The summed E-state index contributed by atoms with van der Waals surface area (Å²) in [6.45, 7) is 1.80. The quantitative estimate of drug-likeness (QED) is 0.907. The van der Waals surface area contributed by atoms with E-state index in [-0.39, 0.29) is 5.91 Å². The van der Waals surface area contributed by atoms with Crippen molar-refractivity contribution in [1.82, 2.24) is 9.97 Å². The molecule has 5 nitrogen and oxygen atoms in total. The lowest BCUT2D eigenvalue weighted by atomic mass is 10.2. The number of nitrogens with zero attached hydrogens (tertiary/aromatic N) is 2. The van der Waals surface area contributed by atoms with Crippen LogP contribution in [0, 0.1) is 6.92 Å². The molecule has 1 aromatic carbocycles. The second-order valence-corrected chi connectivity index (χ2v) is 4.82. The van der Waals surface area contributed by atoms with Gasteiger partial charge in [0.1, 0.15) is 5.69 Å². The van der Waals surface area contributed by atoms with Crippen LogP contribution in [-0.2, 0) is 0 Å². The van der Waals surface area contributed by atoms with Crippen molar-refractivity contribution >= 4 is 28.9 Å². The molecule has 0 aliphatic heterocycles. The molecule has 0 aliphatic carbocycles. The van der Waals surface area contributed by atoms with Crippen LogP contribution < -0.4 is 10.2 Å². The van der Waals surface area contributed by atoms with Gasteiger partial charge in [-0.2, -0.15) is 0 Å². The number of benzene rings is 1. The lowest BCUT2D eigenvalue weighted by molar-refractivity contribution is 0.102. The number of amides is 1. The molecule has 100 valence electrons. The number of H-pyrrole nitrogens is 1. The zero-order chi connectivity index (χ0) is 14.0. The number of hydrogen-bond acceptors (Lipinski definition) is 3. The van der Waals surface area contributed by atoms with E-state index in [1.807, 2.05) is 25.1 Å². The van der Waals surface area contributed by atoms with E-state index < -0.39 is 0 Å². The fraction of sp³-hybridized carbons (Fsp3) is 0.231. The van der Waals surface area contributed by atoms with Gasteiger partial charge in [0.15, 0.2) is 0 Å². The summed E-state index contributed by atoms with van der Waals surface area (Å²) in [5.41, 5.74) is 2.64. The Bertz CT molecular complexity index is 606. The first-order chi connectivity index (χ1) is 8.99. The number of anilines is 2. The molecule has 6 heteroatoms. The molecule has 0 atom stereocenters. The van der Waals surface area contributed by atoms with Crippen LogP contribution in [0.4, 0.5) is 11.4 Å². The van der Waals surface area contributed by atoms with Crippen molar-refractivity contribution < 1.29 is 4.79 Å². The van der Waals surface area contributed by atoms with Gasteiger partial charge in [0.25, 0.3) is 5.91 Å². The van der Waals surface area contributed by atoms with Crippen LogP contribution in [0.1, 0.15) is 16.2 Å². The maximum atomic E-state index is 12.1. The van der Waals surface area contributed by atoms with Gasteiger partial charge in [-0.05, 0) is 25.1 Å². The smallest absolute Gasteiger partial charge is 0.276 e. The third-order valence-corrected chi connectivity index (χ3v) is 2.97. The summed E-state index contributed by atoms with van der Waals surface area (Å²) in [5, 5.41) is 3.40. The van der Waals surface area contributed by atoms with Crippen LogP contribution in [0.5, 0.6) is 0 Å². The third-order valence-electron chi connectivity index (χ3n) is 2.73. The van der Waals surface area contributed by atoms with Gasteiger partial charge in [0.05, 0.1) is 17.7 Å². The number of halogens is 1. The second-order valence-electron chi connectivity index (χ2n) is 4.39. The van der Waals surface area contributed by atoms with E-state index in [0.717, 1.165) is 11.4 Å². The predicted molar refractivity (Wildman–Crippen MR) is 77.1 cm³/mol. The topological polar surface area (TPSA) is 61.0 Å². The number of hydrogen-bond donors (Lipinski definition) is 2. The molecule has 0 unspecified atom stereocenters. The summed E-state index contributed by atoms with van der Waals surface area (Å²) in [4.78, 5) is 20.9. The Morgan fingerprint density at radius 1 is 1.42 bits per heavy atom. The normalized spacial score (nSPS) is 10.3. The molecule has 0 fully saturated rings. The molecule has 1 aromatic heterocycles. The summed E-state index contributed by atoms with van der Waals surface area (Å²) in [7, 11) is 3.80. The Hall–Kier alpha value is -2.01. The Kier molecular flexibility index (Phi) is 3.76. The van der Waals surface area contributed by atoms with Gasteiger partial charge in [0, 0.05) is 24.8 Å². The first kappa shape index (κ1) is 13.4. The fourth-order valence-electron chi connectivity index (χ4n) is 1.77. The molecular formula is C13H15ClN4O. The van der Waals surface area contributed by atoms with Crippen molar-refractivity contribution in [3.05, 3.63) is 40.9 Å². The van der Waals surface area contributed by atoms with Gasteiger partial charge in [-0.25, -0.2) is 4.98 Å². The number of nitrogens with one attached hydrogen (secondary N) is 2. The third kappa shape index (κ3) is 2.88. The minimum Gasteiger partial charge on any atom is -0.376 e. The van der Waals surface area contributed by atoms with E-state index in [1.54, 1.807) is 19.1 Å². The van der Waals surface area contributed by atoms with Gasteiger partial charge in [-0.3, -0.25) is 4.79 Å². The Morgan fingerprint density at radius 3 is 2.74 bits per heavy atom. The van der Waals surface area contributed by atoms with Gasteiger partial charge < -0.3 is 15.2 Å². The molecule has 1 amide bonds. The standard InChI is InChI=1S/C13H15ClN4O/c1-8-12(16-7-15-8)13(19)17-10-6-9(14)4-5-11(10)18(2)3/h4-7H,1-3H3,(H,15,16)(H,17,19). The van der Waals surface area contributed by atoms with Crippen LogP contribution >= 0.6 is 11.6 Å². The number of aromatic amines is 1. The summed E-state index contributed by atoms with van der Waals surface area (Å²) in [5.74, 6) is -0.260. The zero-order valence-electron chi connectivity index (χ0n) is 11.0. The highest BCUT2D eigenvalue weighted by atomic mass is 35.5. The lowest BCUT2D eigenvalue weighted by Crippen LogP contribution is -2.17. The van der Waals surface area contributed by atoms with Crippen molar-refractivity contribution in [3.8, 4) is 0 Å². The highest BCUT2D eigenvalue weighted by Gasteiger charge is 2.14. The van der Waals surface area contributed by atoms with E-state index in [2.05, 4.69) is 15.3 Å². The van der Waals surface area contributed by atoms with Crippen LogP contribution in [0.2, 0.25) is 5.02 Å². The fourth-order valence-corrected chi connectivity index (χ4v) is 1.94. The summed E-state index contributed by atoms with van der Waals surface area (Å²) < 4.78 is 0. The zero-order valence-corrected chi connectivity index (χ0v) is 11.7. The molecule has 1 heterocycles. The van der Waals surface area contributed by atoms with E-state index in [4.69, 9.17) is 11.6 Å². The number of rotatable bonds is 3. The molecule has 2 N–H and O–H groups in total. The van der Waals surface area contributed by atoms with E-state index in [0.29, 0.717) is 16.4 Å². The lowest BCUT2D eigenvalue weighted by Gasteiger charge is -2.18. The first-order valence-corrected chi connectivity index (χ1v) is 6.15. The summed E-state index contributed by atoms with van der Waals surface area (Å²) >= 11 is 5.97. The Morgan fingerprint density at radius 2 is 2.16 bits per heavy atom. The average Bonchev–Trinajstić information content (AvgIpc) is 2.75. The molecule has 0 bridgehead atoms. The van der Waals surface area contributed by atoms with Crippen molar-refractivity contribution in [2.45, 2.75) is 6.92 Å². The molecular weight excluding hydrogens is 264 g/mol. The monoisotopic (exact) mass is 278 g/mol. The molecule has 0 saturated heterocycles. The minimum atomic E-state index is -0.260. The van der Waals surface area contributed by atoms with Gasteiger partial charge in [-0.1, -0.05) is 11.6 Å². The van der Waals surface area contributed by atoms with Crippen LogP contribution in [0.3, 0.4) is 0 Å². The van der Waals surface area contributed by atoms with Crippen molar-refractivity contribution in [1.29, 1.82) is 0 Å². The molecule has 0 aliphatic rings. The summed E-state index contributed by atoms with van der Waals surface area (Å²) in [6.07, 6.45) is 1.50. The number of carbonyl (C=O) groups excluding carboxylic acids is 1. The number of aromatic nitrogens is 2. The highest BCUT2D eigenvalue weighted by molar-refractivity contribution is 6.31. The Labute approximate surface area is 116 Å².